The van der Waals surface area contributed by atoms with Crippen LogP contribution in [-0.2, 0) is 28.5 Å². The van der Waals surface area contributed by atoms with Gasteiger partial charge in [0.1, 0.15) is 17.3 Å². The maximum atomic E-state index is 14.3. The highest BCUT2D eigenvalue weighted by atomic mass is 35.5. The van der Waals surface area contributed by atoms with Gasteiger partial charge >= 0.3 is 0 Å². The quantitative estimate of drug-likeness (QED) is 0.443. The van der Waals surface area contributed by atoms with E-state index in [1.54, 1.807) is 0 Å². The van der Waals surface area contributed by atoms with Crippen LogP contribution < -0.4 is 0 Å². The molecule has 4 heterocycles. The van der Waals surface area contributed by atoms with Gasteiger partial charge in [-0.25, -0.2) is 0 Å². The maximum Gasteiger partial charge on any atom is 0.213 e. The molecular weight excluding hydrogens is 484 g/mol. The van der Waals surface area contributed by atoms with Gasteiger partial charge in [0.2, 0.25) is 5.79 Å². The van der Waals surface area contributed by atoms with Crippen LogP contribution in [0.2, 0.25) is 0 Å². The Balaban J connectivity index is 1.47. The van der Waals surface area contributed by atoms with Crippen LogP contribution in [0.25, 0.3) is 0 Å². The second-order valence-electron chi connectivity index (χ2n) is 13.2. The number of carbonyl (C=O) groups is 1. The smallest absolute Gasteiger partial charge is 0.213 e. The van der Waals surface area contributed by atoms with Crippen LogP contribution in [0.5, 0.6) is 0 Å². The number of Topliss-reactive ketones (excluding diaryl/α,β-unsaturated/α-hetero) is 1. The van der Waals surface area contributed by atoms with Gasteiger partial charge < -0.3 is 28.8 Å². The Morgan fingerprint density at radius 2 is 1.97 bits per heavy atom. The van der Waals surface area contributed by atoms with Crippen molar-refractivity contribution < 1.29 is 33.6 Å². The molecule has 198 valence electrons. The fourth-order valence-electron chi connectivity index (χ4n) is 9.94. The van der Waals surface area contributed by atoms with Crippen molar-refractivity contribution in [3.63, 3.8) is 0 Å². The zero-order chi connectivity index (χ0) is 25.5. The summed E-state index contributed by atoms with van der Waals surface area (Å²) < 4.78 is 32.6. The molecule has 0 aromatic heterocycles. The van der Waals surface area contributed by atoms with Gasteiger partial charge in [-0.3, -0.25) is 4.79 Å². The minimum Gasteiger partial charge on any atom is -0.469 e. The van der Waals surface area contributed by atoms with E-state index in [1.165, 1.54) is 5.57 Å². The Bertz CT molecular complexity index is 1080. The number of alkyl halides is 1. The zero-order valence-electron chi connectivity index (χ0n) is 21.6. The third-order valence-corrected chi connectivity index (χ3v) is 10.8. The van der Waals surface area contributed by atoms with Crippen molar-refractivity contribution >= 4 is 17.4 Å². The lowest BCUT2D eigenvalue weighted by molar-refractivity contribution is -0.527. The predicted octanol–water partition coefficient (Wildman–Crippen LogP) is 4.07. The molecule has 1 N–H and O–H groups in total. The first-order chi connectivity index (χ1) is 17.0. The van der Waals surface area contributed by atoms with Crippen molar-refractivity contribution in [2.24, 2.45) is 34.0 Å². The molecule has 7 nitrogen and oxygen atoms in total. The fraction of sp³-hybridized carbons (Fsp3) is 0.821. The normalized spacial score (nSPS) is 51.4. The highest BCUT2D eigenvalue weighted by Crippen LogP contribution is 2.80. The van der Waals surface area contributed by atoms with Gasteiger partial charge in [-0.15, -0.1) is 11.6 Å². The second-order valence-corrected chi connectivity index (χ2v) is 13.5. The highest BCUT2D eigenvalue weighted by molar-refractivity contribution is 6.17. The molecule has 0 radical (unpaired) electrons. The van der Waals surface area contributed by atoms with Gasteiger partial charge in [0, 0.05) is 24.1 Å². The molecule has 3 saturated heterocycles. The number of hydrogen-bond donors (Lipinski definition) is 1. The van der Waals surface area contributed by atoms with Crippen molar-refractivity contribution in [3.05, 3.63) is 23.5 Å². The summed E-state index contributed by atoms with van der Waals surface area (Å²) in [5.74, 6) is -1.77. The van der Waals surface area contributed by atoms with Crippen LogP contribution in [0, 0.1) is 34.0 Å². The number of ketones is 1. The van der Waals surface area contributed by atoms with Crippen LogP contribution in [0.3, 0.4) is 0 Å². The number of fused-ring (bicyclic) bond motifs is 1. The Morgan fingerprint density at radius 1 is 1.19 bits per heavy atom. The molecular formula is C28H37ClO7. The van der Waals surface area contributed by atoms with Gasteiger partial charge in [-0.2, -0.15) is 0 Å². The minimum absolute atomic E-state index is 0.0663. The number of rotatable bonds is 3. The van der Waals surface area contributed by atoms with Crippen LogP contribution in [0.4, 0.5) is 0 Å². The molecule has 8 heteroatoms. The van der Waals surface area contributed by atoms with Crippen LogP contribution in [0.15, 0.2) is 23.5 Å². The number of aliphatic hydroxyl groups excluding tert-OH is 1. The molecule has 3 saturated carbocycles. The summed E-state index contributed by atoms with van der Waals surface area (Å²) in [5, 5.41) is 12.4. The molecule has 8 rings (SSSR count). The summed E-state index contributed by atoms with van der Waals surface area (Å²) in [6.45, 7) is 13.1. The van der Waals surface area contributed by atoms with Crippen molar-refractivity contribution in [1.82, 2.24) is 0 Å². The van der Waals surface area contributed by atoms with Gasteiger partial charge in [0.25, 0.3) is 0 Å². The van der Waals surface area contributed by atoms with Crippen molar-refractivity contribution in [2.45, 2.75) is 89.9 Å². The van der Waals surface area contributed by atoms with Gasteiger partial charge in [-0.05, 0) is 62.0 Å². The van der Waals surface area contributed by atoms with E-state index in [2.05, 4.69) is 20.4 Å². The molecule has 9 atom stereocenters. The Morgan fingerprint density at radius 3 is 2.72 bits per heavy atom. The fourth-order valence-corrected chi connectivity index (χ4v) is 10.0. The lowest BCUT2D eigenvalue weighted by atomic mass is 9.36. The van der Waals surface area contributed by atoms with E-state index < -0.39 is 40.9 Å². The van der Waals surface area contributed by atoms with Gasteiger partial charge in [-0.1, -0.05) is 20.4 Å². The molecule has 6 fully saturated rings. The highest BCUT2D eigenvalue weighted by Gasteiger charge is 2.90. The SMILES string of the molecule is C=C1C(=O)[C@@]23C4OC(C)(C)OC25OC[C@]2(C6=C(CC[C@@H](OCCCl)O6)CC(C)(C)[C@H]2[C@@H]5O)[C@@H]3CC[C@@H]14. The first kappa shape index (κ1) is 24.1. The number of hydrogen-bond acceptors (Lipinski definition) is 7. The standard InChI is InChI=1S/C28H37ClO7/c1-14-16-7-8-17-26-13-33-28(27(17,20(14)30)23(16)35-25(4,5)36-28)21(31)19(26)24(2,3)12-15-6-9-18(32-11-10-29)34-22(15)26/h16-19,21,23,31H,1,6-13H2,2-5H3/t16-,17-,18-,19+,21-,23?,26-,27-,28?/m0/s1. The lowest BCUT2D eigenvalue weighted by Crippen LogP contribution is -2.87. The first-order valence-electron chi connectivity index (χ1n) is 13.5. The van der Waals surface area contributed by atoms with E-state index in [0.29, 0.717) is 24.7 Å². The first-order valence-corrected chi connectivity index (χ1v) is 14.0. The molecule has 0 aromatic carbocycles. The lowest BCUT2D eigenvalue weighted by Gasteiger charge is -2.77. The molecule has 0 aromatic rings. The zero-order valence-corrected chi connectivity index (χ0v) is 22.4. The summed E-state index contributed by atoms with van der Waals surface area (Å²) in [7, 11) is 0. The minimum atomic E-state index is -1.48. The largest absolute Gasteiger partial charge is 0.469 e. The van der Waals surface area contributed by atoms with Crippen molar-refractivity contribution in [1.29, 1.82) is 0 Å². The molecule has 2 unspecified atom stereocenters. The third kappa shape index (κ3) is 2.48. The second kappa shape index (κ2) is 7.16. The number of allylic oxidation sites excluding steroid dienone is 1. The van der Waals surface area contributed by atoms with E-state index in [1.807, 2.05) is 13.8 Å². The molecule has 36 heavy (non-hydrogen) atoms. The number of halogens is 1. The van der Waals surface area contributed by atoms with Gasteiger partial charge in [0.15, 0.2) is 17.9 Å². The topological polar surface area (TPSA) is 83.5 Å². The summed E-state index contributed by atoms with van der Waals surface area (Å²) in [6.07, 6.45) is 2.17. The molecule has 3 spiro atoms. The predicted molar refractivity (Wildman–Crippen MR) is 130 cm³/mol. The van der Waals surface area contributed by atoms with Crippen molar-refractivity contribution in [2.75, 3.05) is 19.1 Å². The molecule has 0 amide bonds. The molecule has 4 aliphatic carbocycles. The monoisotopic (exact) mass is 520 g/mol. The average Bonchev–Trinajstić information content (AvgIpc) is 2.93. The van der Waals surface area contributed by atoms with E-state index in [9.17, 15) is 9.90 Å². The molecule has 8 aliphatic rings. The molecule has 4 aliphatic heterocycles. The van der Waals surface area contributed by atoms with Gasteiger partial charge in [0.05, 0.1) is 24.7 Å². The number of ether oxygens (including phenoxy) is 5. The van der Waals surface area contributed by atoms with Crippen LogP contribution in [0.1, 0.15) is 59.8 Å². The van der Waals surface area contributed by atoms with E-state index in [-0.39, 0.29) is 29.0 Å². The number of aliphatic hydroxyl groups is 1. The number of carbonyl (C=O) groups excluding carboxylic acids is 1. The Hall–Kier alpha value is -0.960. The van der Waals surface area contributed by atoms with E-state index >= 15 is 0 Å². The Kier molecular flexibility index (Phi) is 4.79. The summed E-state index contributed by atoms with van der Waals surface area (Å²) in [4.78, 5) is 14.3. The summed E-state index contributed by atoms with van der Waals surface area (Å²) >= 11 is 5.91. The maximum absolute atomic E-state index is 14.3. The van der Waals surface area contributed by atoms with E-state index in [4.69, 9.17) is 35.3 Å². The Labute approximate surface area is 217 Å². The average molecular weight is 521 g/mol. The summed E-state index contributed by atoms with van der Waals surface area (Å²) in [6, 6.07) is 0. The summed E-state index contributed by atoms with van der Waals surface area (Å²) in [5.41, 5.74) is -0.254. The van der Waals surface area contributed by atoms with Crippen LogP contribution >= 0.6 is 11.6 Å². The van der Waals surface area contributed by atoms with E-state index in [0.717, 1.165) is 37.9 Å². The van der Waals surface area contributed by atoms with Crippen LogP contribution in [-0.4, -0.2) is 60.1 Å². The van der Waals surface area contributed by atoms with Crippen molar-refractivity contribution in [3.8, 4) is 0 Å². The molecule has 4 bridgehead atoms. The third-order valence-electron chi connectivity index (χ3n) is 10.6.